The van der Waals surface area contributed by atoms with E-state index in [0.717, 1.165) is 17.9 Å². The summed E-state index contributed by atoms with van der Waals surface area (Å²) in [7, 11) is 2.00. The first-order valence-corrected chi connectivity index (χ1v) is 5.82. The largest absolute Gasteiger partial charge is 0.355 e. The number of benzene rings is 1. The Morgan fingerprint density at radius 3 is 2.61 bits per heavy atom. The number of aromatic nitrogens is 1. The number of hydrogen-bond donors (Lipinski definition) is 0. The van der Waals surface area contributed by atoms with E-state index >= 15 is 0 Å². The van der Waals surface area contributed by atoms with Crippen LogP contribution in [0.5, 0.6) is 0 Å². The van der Waals surface area contributed by atoms with Gasteiger partial charge in [-0.05, 0) is 24.1 Å². The Kier molecular flexibility index (Phi) is 3.59. The molecule has 0 aliphatic rings. The lowest BCUT2D eigenvalue weighted by atomic mass is 10.1. The molecule has 1 aromatic carbocycles. The number of aryl methyl sites for hydroxylation is 1. The smallest absolute Gasteiger partial charge is 0.128 e. The third-order valence-corrected chi connectivity index (χ3v) is 2.87. The predicted molar refractivity (Wildman–Crippen MR) is 72.2 cm³/mol. The second-order valence-electron chi connectivity index (χ2n) is 4.31. The van der Waals surface area contributed by atoms with Crippen molar-refractivity contribution in [1.82, 2.24) is 4.98 Å². The molecule has 0 amide bonds. The van der Waals surface area contributed by atoms with Crippen molar-refractivity contribution in [2.75, 3.05) is 11.9 Å². The molecule has 0 fully saturated rings. The van der Waals surface area contributed by atoms with Gasteiger partial charge in [-0.15, -0.1) is 0 Å². The van der Waals surface area contributed by atoms with Gasteiger partial charge in [0.15, 0.2) is 0 Å². The molecule has 1 aromatic heterocycles. The highest BCUT2D eigenvalue weighted by Crippen LogP contribution is 2.16. The number of hydrogen-bond acceptors (Lipinski definition) is 3. The van der Waals surface area contributed by atoms with Crippen molar-refractivity contribution in [2.24, 2.45) is 0 Å². The highest BCUT2D eigenvalue weighted by molar-refractivity contribution is 5.46. The number of rotatable bonds is 3. The van der Waals surface area contributed by atoms with Crippen LogP contribution in [0.15, 0.2) is 42.6 Å². The van der Waals surface area contributed by atoms with Gasteiger partial charge in [0, 0.05) is 19.8 Å². The molecular formula is C15H15N3. The zero-order valence-electron chi connectivity index (χ0n) is 10.6. The van der Waals surface area contributed by atoms with Crippen LogP contribution in [0.25, 0.3) is 0 Å². The normalized spacial score (nSPS) is 9.83. The Labute approximate surface area is 107 Å². The summed E-state index contributed by atoms with van der Waals surface area (Å²) >= 11 is 0. The lowest BCUT2D eigenvalue weighted by Gasteiger charge is -2.18. The Balaban J connectivity index is 2.17. The molecule has 0 spiro atoms. The van der Waals surface area contributed by atoms with Gasteiger partial charge in [0.1, 0.15) is 11.9 Å². The van der Waals surface area contributed by atoms with E-state index in [2.05, 4.69) is 28.1 Å². The van der Waals surface area contributed by atoms with Crippen molar-refractivity contribution < 1.29 is 0 Å². The van der Waals surface area contributed by atoms with E-state index in [1.807, 2.05) is 38.2 Å². The van der Waals surface area contributed by atoms with Gasteiger partial charge >= 0.3 is 0 Å². The van der Waals surface area contributed by atoms with Gasteiger partial charge in [0.25, 0.3) is 0 Å². The highest BCUT2D eigenvalue weighted by Gasteiger charge is 2.06. The van der Waals surface area contributed by atoms with E-state index in [-0.39, 0.29) is 0 Å². The van der Waals surface area contributed by atoms with E-state index in [4.69, 9.17) is 5.26 Å². The Hall–Kier alpha value is -2.34. The van der Waals surface area contributed by atoms with E-state index in [1.165, 1.54) is 5.56 Å². The Morgan fingerprint density at radius 2 is 2.00 bits per heavy atom. The summed E-state index contributed by atoms with van der Waals surface area (Å²) in [6.07, 6.45) is 1.63. The predicted octanol–water partition coefficient (Wildman–Crippen LogP) is 2.90. The molecule has 0 saturated carbocycles. The number of nitriles is 1. The molecular weight excluding hydrogens is 222 g/mol. The molecule has 0 saturated heterocycles. The van der Waals surface area contributed by atoms with Crippen LogP contribution in [0, 0.1) is 18.3 Å². The topological polar surface area (TPSA) is 39.9 Å². The molecule has 1 heterocycles. The van der Waals surface area contributed by atoms with Crippen LogP contribution in [0.4, 0.5) is 5.82 Å². The van der Waals surface area contributed by atoms with E-state index in [0.29, 0.717) is 5.56 Å². The summed E-state index contributed by atoms with van der Waals surface area (Å²) in [5, 5.41) is 8.88. The van der Waals surface area contributed by atoms with Gasteiger partial charge in [-0.25, -0.2) is 4.98 Å². The molecule has 0 bridgehead atoms. The van der Waals surface area contributed by atoms with Gasteiger partial charge in [0.2, 0.25) is 0 Å². The third-order valence-electron chi connectivity index (χ3n) is 2.87. The van der Waals surface area contributed by atoms with E-state index in [9.17, 15) is 0 Å². The highest BCUT2D eigenvalue weighted by atomic mass is 15.2. The summed E-state index contributed by atoms with van der Waals surface area (Å²) < 4.78 is 0. The zero-order valence-corrected chi connectivity index (χ0v) is 10.6. The molecule has 0 atom stereocenters. The van der Waals surface area contributed by atoms with Gasteiger partial charge < -0.3 is 4.90 Å². The van der Waals surface area contributed by atoms with E-state index < -0.39 is 0 Å². The molecule has 18 heavy (non-hydrogen) atoms. The first kappa shape index (κ1) is 12.1. The minimum Gasteiger partial charge on any atom is -0.355 e. The summed E-state index contributed by atoms with van der Waals surface area (Å²) in [6, 6.07) is 14.3. The minimum absolute atomic E-state index is 0.631. The van der Waals surface area contributed by atoms with Crippen LogP contribution in [0.2, 0.25) is 0 Å². The second-order valence-corrected chi connectivity index (χ2v) is 4.31. The van der Waals surface area contributed by atoms with Gasteiger partial charge in [-0.1, -0.05) is 30.3 Å². The quantitative estimate of drug-likeness (QED) is 0.824. The number of nitrogens with zero attached hydrogens (tertiary/aromatic N) is 3. The van der Waals surface area contributed by atoms with E-state index in [1.54, 1.807) is 6.20 Å². The summed E-state index contributed by atoms with van der Waals surface area (Å²) in [5.41, 5.74) is 2.83. The molecule has 3 nitrogen and oxygen atoms in total. The molecule has 2 aromatic rings. The maximum absolute atomic E-state index is 8.88. The molecule has 0 aliphatic carbocycles. The van der Waals surface area contributed by atoms with Crippen LogP contribution in [-0.4, -0.2) is 12.0 Å². The van der Waals surface area contributed by atoms with Crippen molar-refractivity contribution in [3.63, 3.8) is 0 Å². The molecule has 90 valence electrons. The SMILES string of the molecule is Cc1cc(N(C)Cc2ccccc2)ncc1C#N. The molecule has 3 heteroatoms. The fourth-order valence-electron chi connectivity index (χ4n) is 1.81. The van der Waals surface area contributed by atoms with Gasteiger partial charge in [-0.2, -0.15) is 5.26 Å². The van der Waals surface area contributed by atoms with Crippen LogP contribution in [0.1, 0.15) is 16.7 Å². The first-order valence-electron chi connectivity index (χ1n) is 5.82. The number of anilines is 1. The minimum atomic E-state index is 0.631. The standard InChI is InChI=1S/C15H15N3/c1-12-8-15(17-10-14(12)9-16)18(2)11-13-6-4-3-5-7-13/h3-8,10H,11H2,1-2H3. The Morgan fingerprint density at radius 1 is 1.28 bits per heavy atom. The van der Waals surface area contributed by atoms with Crippen molar-refractivity contribution >= 4 is 5.82 Å². The monoisotopic (exact) mass is 237 g/mol. The maximum Gasteiger partial charge on any atom is 0.128 e. The van der Waals surface area contributed by atoms with Crippen molar-refractivity contribution in [3.8, 4) is 6.07 Å². The van der Waals surface area contributed by atoms with Crippen LogP contribution in [-0.2, 0) is 6.54 Å². The zero-order chi connectivity index (χ0) is 13.0. The van der Waals surface area contributed by atoms with Gasteiger partial charge in [-0.3, -0.25) is 0 Å². The average Bonchev–Trinajstić information content (AvgIpc) is 2.39. The fourth-order valence-corrected chi connectivity index (χ4v) is 1.81. The van der Waals surface area contributed by atoms with Crippen molar-refractivity contribution in [2.45, 2.75) is 13.5 Å². The number of pyridine rings is 1. The Bertz CT molecular complexity index is 570. The molecule has 0 N–H and O–H groups in total. The van der Waals surface area contributed by atoms with Crippen LogP contribution >= 0.6 is 0 Å². The molecule has 0 aliphatic heterocycles. The summed E-state index contributed by atoms with van der Waals surface area (Å²) in [4.78, 5) is 6.38. The van der Waals surface area contributed by atoms with Crippen LogP contribution in [0.3, 0.4) is 0 Å². The maximum atomic E-state index is 8.88. The molecule has 0 unspecified atom stereocenters. The van der Waals surface area contributed by atoms with Crippen molar-refractivity contribution in [1.29, 1.82) is 5.26 Å². The lowest BCUT2D eigenvalue weighted by Crippen LogP contribution is -2.17. The lowest BCUT2D eigenvalue weighted by molar-refractivity contribution is 0.895. The summed E-state index contributed by atoms with van der Waals surface area (Å²) in [5.74, 6) is 0.885. The van der Waals surface area contributed by atoms with Crippen LogP contribution < -0.4 is 4.90 Å². The average molecular weight is 237 g/mol. The fraction of sp³-hybridized carbons (Fsp3) is 0.200. The molecule has 0 radical (unpaired) electrons. The second kappa shape index (κ2) is 5.33. The first-order chi connectivity index (χ1) is 8.70. The van der Waals surface area contributed by atoms with Gasteiger partial charge in [0.05, 0.1) is 5.56 Å². The third kappa shape index (κ3) is 2.67. The summed E-state index contributed by atoms with van der Waals surface area (Å²) in [6.45, 7) is 2.74. The molecule has 2 rings (SSSR count). The van der Waals surface area contributed by atoms with Crippen molar-refractivity contribution in [3.05, 3.63) is 59.3 Å².